The zero-order valence-electron chi connectivity index (χ0n) is 12.0. The van der Waals surface area contributed by atoms with Gasteiger partial charge in [0, 0.05) is 36.0 Å². The van der Waals surface area contributed by atoms with Gasteiger partial charge in [-0.25, -0.2) is 4.98 Å². The van der Waals surface area contributed by atoms with Crippen LogP contribution in [0.2, 0.25) is 0 Å². The molecule has 23 heavy (non-hydrogen) atoms. The number of nitrogens with zero attached hydrogens (tertiary/aromatic N) is 2. The van der Waals surface area contributed by atoms with Crippen LogP contribution in [0.15, 0.2) is 42.7 Å². The molecule has 7 heteroatoms. The Bertz CT molecular complexity index is 885. The SMILES string of the molecule is Cn1cc(C=O)c2c(-c3ccccc3OC(F)(F)F)ccnc21. The number of ether oxygens (including phenoxy) is 1. The fourth-order valence-corrected chi connectivity index (χ4v) is 2.55. The first-order chi connectivity index (χ1) is 10.9. The van der Waals surface area contributed by atoms with E-state index in [9.17, 15) is 18.0 Å². The van der Waals surface area contributed by atoms with Gasteiger partial charge in [-0.15, -0.1) is 13.2 Å². The first kappa shape index (κ1) is 15.1. The molecule has 2 aromatic heterocycles. The molecule has 0 spiro atoms. The molecule has 2 heterocycles. The van der Waals surface area contributed by atoms with E-state index in [1.807, 2.05) is 0 Å². The number of pyridine rings is 1. The van der Waals surface area contributed by atoms with Crippen LogP contribution in [0.4, 0.5) is 13.2 Å². The number of para-hydroxylation sites is 1. The quantitative estimate of drug-likeness (QED) is 0.686. The van der Waals surface area contributed by atoms with Gasteiger partial charge in [-0.1, -0.05) is 18.2 Å². The molecule has 0 saturated carbocycles. The highest BCUT2D eigenvalue weighted by Crippen LogP contribution is 2.38. The summed E-state index contributed by atoms with van der Waals surface area (Å²) in [5, 5.41) is 0.489. The standard InChI is InChI=1S/C16H11F3N2O2/c1-21-8-10(9-22)14-12(6-7-20-15(14)21)11-4-2-3-5-13(11)23-16(17,18)19/h2-9H,1H3. The van der Waals surface area contributed by atoms with Crippen molar-refractivity contribution in [1.82, 2.24) is 9.55 Å². The molecule has 0 N–H and O–H groups in total. The maximum atomic E-state index is 12.6. The van der Waals surface area contributed by atoms with Crippen LogP contribution in [0, 0.1) is 0 Å². The van der Waals surface area contributed by atoms with Gasteiger partial charge < -0.3 is 9.30 Å². The zero-order valence-corrected chi connectivity index (χ0v) is 12.0. The van der Waals surface area contributed by atoms with Crippen molar-refractivity contribution < 1.29 is 22.7 Å². The lowest BCUT2D eigenvalue weighted by molar-refractivity contribution is -0.274. The van der Waals surface area contributed by atoms with Crippen LogP contribution in [0.3, 0.4) is 0 Å². The molecule has 118 valence electrons. The molecule has 0 unspecified atom stereocenters. The molecule has 3 aromatic rings. The third-order valence-corrected chi connectivity index (χ3v) is 3.42. The van der Waals surface area contributed by atoms with E-state index in [1.54, 1.807) is 29.9 Å². The number of fused-ring (bicyclic) bond motifs is 1. The summed E-state index contributed by atoms with van der Waals surface area (Å²) < 4.78 is 43.6. The maximum absolute atomic E-state index is 12.6. The third kappa shape index (κ3) is 2.77. The Labute approximate surface area is 129 Å². The largest absolute Gasteiger partial charge is 0.573 e. The van der Waals surface area contributed by atoms with Crippen molar-refractivity contribution in [2.75, 3.05) is 0 Å². The predicted octanol–water partition coefficient (Wildman–Crippen LogP) is 3.95. The van der Waals surface area contributed by atoms with E-state index >= 15 is 0 Å². The molecule has 0 fully saturated rings. The van der Waals surface area contributed by atoms with E-state index in [1.165, 1.54) is 24.4 Å². The van der Waals surface area contributed by atoms with Crippen LogP contribution in [-0.2, 0) is 7.05 Å². The third-order valence-electron chi connectivity index (χ3n) is 3.42. The summed E-state index contributed by atoms with van der Waals surface area (Å²) in [5.74, 6) is -0.326. The average Bonchev–Trinajstić information content (AvgIpc) is 2.83. The Morgan fingerprint density at radius 2 is 1.91 bits per heavy atom. The first-order valence-electron chi connectivity index (χ1n) is 6.65. The lowest BCUT2D eigenvalue weighted by Gasteiger charge is -2.14. The number of hydrogen-bond donors (Lipinski definition) is 0. The maximum Gasteiger partial charge on any atom is 0.573 e. The minimum atomic E-state index is -4.80. The highest BCUT2D eigenvalue weighted by molar-refractivity contribution is 6.05. The molecule has 4 nitrogen and oxygen atoms in total. The lowest BCUT2D eigenvalue weighted by atomic mass is 10.0. The molecule has 0 bridgehead atoms. The van der Waals surface area contributed by atoms with E-state index < -0.39 is 6.36 Å². The smallest absolute Gasteiger partial charge is 0.405 e. The van der Waals surface area contributed by atoms with Crippen LogP contribution >= 0.6 is 0 Å². The van der Waals surface area contributed by atoms with Crippen LogP contribution in [-0.4, -0.2) is 22.2 Å². The molecule has 1 aromatic carbocycles. The second-order valence-corrected chi connectivity index (χ2v) is 4.91. The van der Waals surface area contributed by atoms with E-state index in [0.29, 0.717) is 28.4 Å². The molecular weight excluding hydrogens is 309 g/mol. The van der Waals surface area contributed by atoms with Crippen molar-refractivity contribution in [2.45, 2.75) is 6.36 Å². The van der Waals surface area contributed by atoms with Crippen LogP contribution in [0.5, 0.6) is 5.75 Å². The number of hydrogen-bond acceptors (Lipinski definition) is 3. The Kier molecular flexibility index (Phi) is 3.55. The summed E-state index contributed by atoms with van der Waals surface area (Å²) in [5.41, 5.74) is 1.56. The second-order valence-electron chi connectivity index (χ2n) is 4.91. The number of aromatic nitrogens is 2. The van der Waals surface area contributed by atoms with Crippen molar-refractivity contribution >= 4 is 17.3 Å². The van der Waals surface area contributed by atoms with Gasteiger partial charge in [-0.05, 0) is 17.7 Å². The van der Waals surface area contributed by atoms with Crippen molar-refractivity contribution in [2.24, 2.45) is 7.05 Å². The summed E-state index contributed by atoms with van der Waals surface area (Å²) in [6.07, 6.45) is -1.08. The Hall–Kier alpha value is -2.83. The number of rotatable bonds is 3. The Balaban J connectivity index is 2.28. The number of aryl methyl sites for hydroxylation is 1. The van der Waals surface area contributed by atoms with E-state index in [2.05, 4.69) is 9.72 Å². The summed E-state index contributed by atoms with van der Waals surface area (Å²) in [4.78, 5) is 15.5. The van der Waals surface area contributed by atoms with Crippen molar-refractivity contribution in [3.05, 3.63) is 48.3 Å². The average molecular weight is 320 g/mol. The Morgan fingerprint density at radius 1 is 1.17 bits per heavy atom. The first-order valence-corrected chi connectivity index (χ1v) is 6.65. The fourth-order valence-electron chi connectivity index (χ4n) is 2.55. The summed E-state index contributed by atoms with van der Waals surface area (Å²) in [6, 6.07) is 7.37. The van der Waals surface area contributed by atoms with Gasteiger partial charge in [0.1, 0.15) is 11.4 Å². The van der Waals surface area contributed by atoms with Crippen LogP contribution in [0.1, 0.15) is 10.4 Å². The van der Waals surface area contributed by atoms with Crippen molar-refractivity contribution in [3.63, 3.8) is 0 Å². The zero-order chi connectivity index (χ0) is 16.6. The molecule has 0 radical (unpaired) electrons. The topological polar surface area (TPSA) is 44.1 Å². The number of alkyl halides is 3. The van der Waals surface area contributed by atoms with E-state index in [0.717, 1.165) is 0 Å². The fraction of sp³-hybridized carbons (Fsp3) is 0.125. The molecule has 3 rings (SSSR count). The van der Waals surface area contributed by atoms with Gasteiger partial charge in [0.05, 0.1) is 0 Å². The number of halogens is 3. The summed E-state index contributed by atoms with van der Waals surface area (Å²) in [6.45, 7) is 0. The van der Waals surface area contributed by atoms with Gasteiger partial charge in [0.25, 0.3) is 0 Å². The molecule has 0 aliphatic heterocycles. The van der Waals surface area contributed by atoms with Crippen molar-refractivity contribution in [3.8, 4) is 16.9 Å². The minimum absolute atomic E-state index is 0.242. The number of carbonyl (C=O) groups is 1. The number of carbonyl (C=O) groups excluding carboxylic acids is 1. The summed E-state index contributed by atoms with van der Waals surface area (Å²) in [7, 11) is 1.71. The normalized spacial score (nSPS) is 11.7. The van der Waals surface area contributed by atoms with E-state index in [4.69, 9.17) is 0 Å². The van der Waals surface area contributed by atoms with Gasteiger partial charge in [0.15, 0.2) is 6.29 Å². The predicted molar refractivity (Wildman–Crippen MR) is 78.2 cm³/mol. The van der Waals surface area contributed by atoms with Gasteiger partial charge in [0.2, 0.25) is 0 Å². The molecule has 0 atom stereocenters. The lowest BCUT2D eigenvalue weighted by Crippen LogP contribution is -2.17. The molecular formula is C16H11F3N2O2. The van der Waals surface area contributed by atoms with Gasteiger partial charge in [-0.3, -0.25) is 4.79 Å². The van der Waals surface area contributed by atoms with E-state index in [-0.39, 0.29) is 11.3 Å². The monoisotopic (exact) mass is 320 g/mol. The number of aldehydes is 1. The summed E-state index contributed by atoms with van der Waals surface area (Å²) >= 11 is 0. The highest BCUT2D eigenvalue weighted by atomic mass is 19.4. The molecule has 0 saturated heterocycles. The van der Waals surface area contributed by atoms with Crippen LogP contribution in [0.25, 0.3) is 22.2 Å². The number of benzene rings is 1. The minimum Gasteiger partial charge on any atom is -0.405 e. The van der Waals surface area contributed by atoms with Gasteiger partial charge in [-0.2, -0.15) is 0 Å². The molecule has 0 aliphatic rings. The molecule has 0 amide bonds. The second kappa shape index (κ2) is 5.42. The van der Waals surface area contributed by atoms with Crippen LogP contribution < -0.4 is 4.74 Å². The Morgan fingerprint density at radius 3 is 2.61 bits per heavy atom. The highest BCUT2D eigenvalue weighted by Gasteiger charge is 2.32. The van der Waals surface area contributed by atoms with Crippen molar-refractivity contribution in [1.29, 1.82) is 0 Å². The molecule has 0 aliphatic carbocycles. The van der Waals surface area contributed by atoms with Gasteiger partial charge >= 0.3 is 6.36 Å².